The molecule has 1 saturated heterocycles. The van der Waals surface area contributed by atoms with E-state index < -0.39 is 18.6 Å². The molecule has 3 rings (SSSR count). The molecule has 2 N–H and O–H groups in total. The van der Waals surface area contributed by atoms with Gasteiger partial charge in [0.1, 0.15) is 12.2 Å². The van der Waals surface area contributed by atoms with Crippen molar-refractivity contribution in [1.82, 2.24) is 25.4 Å². The van der Waals surface area contributed by atoms with Crippen LogP contribution in [0.3, 0.4) is 0 Å². The lowest BCUT2D eigenvalue weighted by Crippen LogP contribution is -2.39. The van der Waals surface area contributed by atoms with E-state index in [-0.39, 0.29) is 17.5 Å². The quantitative estimate of drug-likeness (QED) is 0.692. The fourth-order valence-electron chi connectivity index (χ4n) is 3.04. The van der Waals surface area contributed by atoms with Crippen molar-refractivity contribution < 1.29 is 22.8 Å². The van der Waals surface area contributed by atoms with Gasteiger partial charge in [0, 0.05) is 42.0 Å². The molecule has 2 aromatic rings. The average molecular weight is 427 g/mol. The van der Waals surface area contributed by atoms with E-state index in [1.54, 1.807) is 22.6 Å². The summed E-state index contributed by atoms with van der Waals surface area (Å²) in [7, 11) is 0. The summed E-state index contributed by atoms with van der Waals surface area (Å²) in [5, 5.41) is 8.35. The van der Waals surface area contributed by atoms with Gasteiger partial charge in [0.05, 0.1) is 5.75 Å². The third-order valence-electron chi connectivity index (χ3n) is 4.58. The lowest BCUT2D eigenvalue weighted by atomic mass is 9.93. The van der Waals surface area contributed by atoms with Crippen molar-refractivity contribution >= 4 is 23.6 Å². The smallest absolute Gasteiger partial charge is 0.342 e. The average Bonchev–Trinajstić information content (AvgIpc) is 3.21. The number of aromatic nitrogens is 3. The Balaban J connectivity index is 1.46. The van der Waals surface area contributed by atoms with Gasteiger partial charge in [0.15, 0.2) is 0 Å². The Morgan fingerprint density at radius 2 is 1.93 bits per heavy atom. The Kier molecular flexibility index (Phi) is 6.78. The number of alkyl halides is 3. The van der Waals surface area contributed by atoms with E-state index in [1.807, 2.05) is 12.1 Å². The van der Waals surface area contributed by atoms with E-state index >= 15 is 0 Å². The number of nitrogens with one attached hydrogen (secondary N) is 2. The van der Waals surface area contributed by atoms with Crippen LogP contribution >= 0.6 is 11.8 Å². The lowest BCUT2D eigenvalue weighted by Gasteiger charge is -2.31. The van der Waals surface area contributed by atoms with Gasteiger partial charge in [-0.25, -0.2) is 0 Å². The molecule has 156 valence electrons. The van der Waals surface area contributed by atoms with Crippen LogP contribution in [0, 0.1) is 0 Å². The highest BCUT2D eigenvalue weighted by molar-refractivity contribution is 8.00. The number of likely N-dealkylation sites (tertiary alicyclic amines) is 1. The maximum Gasteiger partial charge on any atom is 0.405 e. The second-order valence-corrected chi connectivity index (χ2v) is 7.68. The summed E-state index contributed by atoms with van der Waals surface area (Å²) in [4.78, 5) is 30.9. The molecule has 0 radical (unpaired) electrons. The third kappa shape index (κ3) is 6.21. The molecule has 0 aliphatic carbocycles. The summed E-state index contributed by atoms with van der Waals surface area (Å²) in [5.74, 6) is -0.390. The summed E-state index contributed by atoms with van der Waals surface area (Å²) >= 11 is 1.46. The first-order valence-electron chi connectivity index (χ1n) is 9.02. The molecular weight excluding hydrogens is 407 g/mol. The zero-order valence-electron chi connectivity index (χ0n) is 15.4. The first-order chi connectivity index (χ1) is 13.8. The topological polar surface area (TPSA) is 91.0 Å². The number of nitrogens with zero attached hydrogens (tertiary/aromatic N) is 3. The Labute approximate surface area is 169 Å². The van der Waals surface area contributed by atoms with Gasteiger partial charge in [0.2, 0.25) is 5.91 Å². The number of H-pyrrole nitrogens is 1. The van der Waals surface area contributed by atoms with E-state index in [1.165, 1.54) is 17.8 Å². The maximum absolute atomic E-state index is 12.4. The van der Waals surface area contributed by atoms with Crippen LogP contribution in [0.25, 0.3) is 0 Å². The molecule has 1 aliphatic heterocycles. The number of pyridine rings is 1. The Bertz CT molecular complexity index is 836. The van der Waals surface area contributed by atoms with E-state index in [2.05, 4.69) is 15.2 Å². The first kappa shape index (κ1) is 21.2. The Morgan fingerprint density at radius 1 is 1.24 bits per heavy atom. The zero-order chi connectivity index (χ0) is 20.9. The standard InChI is InChI=1S/C18H20F3N5O2S/c19-18(20,21)11-23-17(28)15-9-14(24-25-15)12-3-7-26(8-4-12)16(27)10-29-13-1-5-22-6-2-13/h1-2,5-6,9,12H,3-4,7-8,10-11H2,(H,23,28)(H,24,25). The summed E-state index contributed by atoms with van der Waals surface area (Å²) in [6.07, 6.45) is 0.277. The highest BCUT2D eigenvalue weighted by atomic mass is 32.2. The molecule has 0 spiro atoms. The SMILES string of the molecule is O=C(NCC(F)(F)F)c1cc(C2CCN(C(=O)CSc3ccncc3)CC2)[nH]n1. The van der Waals surface area contributed by atoms with Crippen LogP contribution in [0.5, 0.6) is 0 Å². The van der Waals surface area contributed by atoms with Crippen LogP contribution in [0.4, 0.5) is 13.2 Å². The van der Waals surface area contributed by atoms with E-state index in [9.17, 15) is 22.8 Å². The molecule has 0 unspecified atom stereocenters. The highest BCUT2D eigenvalue weighted by Crippen LogP contribution is 2.28. The molecule has 7 nitrogen and oxygen atoms in total. The molecule has 0 saturated carbocycles. The van der Waals surface area contributed by atoms with Gasteiger partial charge < -0.3 is 10.2 Å². The molecule has 1 fully saturated rings. The molecule has 0 bridgehead atoms. The number of hydrogen-bond donors (Lipinski definition) is 2. The van der Waals surface area contributed by atoms with Crippen molar-refractivity contribution in [3.8, 4) is 0 Å². The lowest BCUT2D eigenvalue weighted by molar-refractivity contribution is -0.129. The van der Waals surface area contributed by atoms with Crippen LogP contribution in [0.1, 0.15) is 34.9 Å². The second kappa shape index (κ2) is 9.29. The van der Waals surface area contributed by atoms with E-state index in [4.69, 9.17) is 0 Å². The molecule has 0 aromatic carbocycles. The monoisotopic (exact) mass is 427 g/mol. The Morgan fingerprint density at radius 3 is 2.59 bits per heavy atom. The minimum Gasteiger partial charge on any atom is -0.342 e. The highest BCUT2D eigenvalue weighted by Gasteiger charge is 2.29. The van der Waals surface area contributed by atoms with Gasteiger partial charge in [-0.2, -0.15) is 18.3 Å². The number of carbonyl (C=O) groups excluding carboxylic acids is 2. The van der Waals surface area contributed by atoms with Crippen LogP contribution in [-0.4, -0.2) is 63.5 Å². The van der Waals surface area contributed by atoms with Crippen molar-refractivity contribution in [2.75, 3.05) is 25.4 Å². The van der Waals surface area contributed by atoms with Gasteiger partial charge in [-0.3, -0.25) is 19.7 Å². The normalized spacial score (nSPS) is 15.3. The molecule has 1 aliphatic rings. The molecule has 11 heteroatoms. The van der Waals surface area contributed by atoms with Crippen molar-refractivity contribution in [3.63, 3.8) is 0 Å². The minimum absolute atomic E-state index is 0.0575. The number of thioether (sulfide) groups is 1. The van der Waals surface area contributed by atoms with Crippen molar-refractivity contribution in [2.24, 2.45) is 0 Å². The number of carbonyl (C=O) groups is 2. The van der Waals surface area contributed by atoms with Crippen molar-refractivity contribution in [1.29, 1.82) is 0 Å². The van der Waals surface area contributed by atoms with Crippen LogP contribution < -0.4 is 5.32 Å². The van der Waals surface area contributed by atoms with Gasteiger partial charge in [-0.15, -0.1) is 11.8 Å². The second-order valence-electron chi connectivity index (χ2n) is 6.63. The fourth-order valence-corrected chi connectivity index (χ4v) is 3.83. The molecule has 3 heterocycles. The fraction of sp³-hybridized carbons (Fsp3) is 0.444. The molecule has 29 heavy (non-hydrogen) atoms. The Hall–Kier alpha value is -2.56. The largest absolute Gasteiger partial charge is 0.405 e. The summed E-state index contributed by atoms with van der Waals surface area (Å²) < 4.78 is 36.6. The number of piperidine rings is 1. The summed E-state index contributed by atoms with van der Waals surface area (Å²) in [5.41, 5.74) is 0.622. The van der Waals surface area contributed by atoms with E-state index in [0.29, 0.717) is 37.4 Å². The predicted octanol–water partition coefficient (Wildman–Crippen LogP) is 2.60. The summed E-state index contributed by atoms with van der Waals surface area (Å²) in [6, 6.07) is 5.18. The molecule has 2 amide bonds. The molecular formula is C18H20F3N5O2S. The third-order valence-corrected chi connectivity index (χ3v) is 5.58. The number of halogens is 3. The first-order valence-corrected chi connectivity index (χ1v) is 10.0. The number of hydrogen-bond acceptors (Lipinski definition) is 5. The van der Waals surface area contributed by atoms with Gasteiger partial charge in [-0.05, 0) is 31.0 Å². The van der Waals surface area contributed by atoms with Gasteiger partial charge >= 0.3 is 6.18 Å². The number of aromatic amines is 1. The van der Waals surface area contributed by atoms with Crippen molar-refractivity contribution in [2.45, 2.75) is 29.8 Å². The number of amides is 2. The zero-order valence-corrected chi connectivity index (χ0v) is 16.2. The molecule has 0 atom stereocenters. The summed E-state index contributed by atoms with van der Waals surface area (Å²) in [6.45, 7) is -0.240. The van der Waals surface area contributed by atoms with Crippen LogP contribution in [-0.2, 0) is 4.79 Å². The van der Waals surface area contributed by atoms with Crippen molar-refractivity contribution in [3.05, 3.63) is 42.0 Å². The van der Waals surface area contributed by atoms with E-state index in [0.717, 1.165) is 4.90 Å². The molecule has 2 aromatic heterocycles. The van der Waals surface area contributed by atoms with Gasteiger partial charge in [0.25, 0.3) is 5.91 Å². The predicted molar refractivity (Wildman–Crippen MR) is 100 cm³/mol. The van der Waals surface area contributed by atoms with Gasteiger partial charge in [-0.1, -0.05) is 0 Å². The van der Waals surface area contributed by atoms with Crippen LogP contribution in [0.15, 0.2) is 35.5 Å². The minimum atomic E-state index is -4.47. The maximum atomic E-state index is 12.4. The number of rotatable bonds is 6. The van der Waals surface area contributed by atoms with Crippen LogP contribution in [0.2, 0.25) is 0 Å².